The minimum Gasteiger partial charge on any atom is -0.494 e. The number of unbranched alkanes of at least 4 members (excludes halogenated alkanes) is 3. The zero-order chi connectivity index (χ0) is 28.3. The first-order chi connectivity index (χ1) is 19.5. The van der Waals surface area contributed by atoms with Gasteiger partial charge in [0.25, 0.3) is 0 Å². The molecule has 1 aromatic rings. The number of aliphatic hydroxyl groups is 1. The summed E-state index contributed by atoms with van der Waals surface area (Å²) < 4.78 is 4.80. The molecule has 216 valence electrons. The number of carbonyl (C=O) groups is 3. The molecule has 9 heteroatoms. The molecule has 3 amide bonds. The van der Waals surface area contributed by atoms with Crippen LogP contribution < -0.4 is 9.64 Å². The van der Waals surface area contributed by atoms with E-state index in [9.17, 15) is 19.5 Å². The van der Waals surface area contributed by atoms with E-state index in [4.69, 9.17) is 4.74 Å². The summed E-state index contributed by atoms with van der Waals surface area (Å²) >= 11 is 1.62. The maximum atomic E-state index is 14.3. The van der Waals surface area contributed by atoms with Crippen molar-refractivity contribution >= 4 is 35.2 Å². The quantitative estimate of drug-likeness (QED) is 0.324. The van der Waals surface area contributed by atoms with Crippen LogP contribution in [0.4, 0.5) is 5.69 Å². The molecular formula is C31H41N3O5S. The second kappa shape index (κ2) is 12.4. The fourth-order valence-electron chi connectivity index (χ4n) is 6.67. The molecule has 4 aliphatic heterocycles. The van der Waals surface area contributed by atoms with Gasteiger partial charge < -0.3 is 24.5 Å². The molecule has 5 rings (SSSR count). The molecule has 0 aromatic heterocycles. The molecule has 40 heavy (non-hydrogen) atoms. The molecule has 1 aromatic carbocycles. The predicted octanol–water partition coefficient (Wildman–Crippen LogP) is 3.65. The van der Waals surface area contributed by atoms with E-state index in [2.05, 4.69) is 19.1 Å². The van der Waals surface area contributed by atoms with Crippen LogP contribution in [0.1, 0.15) is 46.0 Å². The van der Waals surface area contributed by atoms with Crippen LogP contribution in [0.3, 0.4) is 0 Å². The molecule has 2 saturated heterocycles. The molecule has 0 aliphatic carbocycles. The van der Waals surface area contributed by atoms with Crippen LogP contribution in [0.5, 0.6) is 5.75 Å². The highest BCUT2D eigenvalue weighted by Crippen LogP contribution is 2.61. The van der Waals surface area contributed by atoms with E-state index in [-0.39, 0.29) is 29.6 Å². The number of rotatable bonds is 11. The summed E-state index contributed by atoms with van der Waals surface area (Å²) in [6, 6.07) is 6.88. The van der Waals surface area contributed by atoms with Crippen molar-refractivity contribution in [1.29, 1.82) is 0 Å². The third-order valence-electron chi connectivity index (χ3n) is 8.54. The topological polar surface area (TPSA) is 90.4 Å². The third-order valence-corrected chi connectivity index (χ3v) is 10.3. The summed E-state index contributed by atoms with van der Waals surface area (Å²) in [4.78, 5) is 48.2. The second-order valence-corrected chi connectivity index (χ2v) is 12.5. The van der Waals surface area contributed by atoms with Crippen molar-refractivity contribution in [1.82, 2.24) is 9.80 Å². The van der Waals surface area contributed by atoms with E-state index in [1.54, 1.807) is 21.6 Å². The number of fused-ring (bicyclic) bond motifs is 2. The minimum atomic E-state index is -0.788. The smallest absolute Gasteiger partial charge is 0.247 e. The highest BCUT2D eigenvalue weighted by atomic mass is 32.2. The lowest BCUT2D eigenvalue weighted by molar-refractivity contribution is -0.142. The van der Waals surface area contributed by atoms with Crippen LogP contribution in [-0.4, -0.2) is 88.1 Å². The number of ether oxygens (including phenoxy) is 1. The van der Waals surface area contributed by atoms with Crippen molar-refractivity contribution in [2.24, 2.45) is 11.8 Å². The Morgan fingerprint density at radius 3 is 2.48 bits per heavy atom. The number of nitrogens with zero attached hydrogens (tertiary/aromatic N) is 3. The predicted molar refractivity (Wildman–Crippen MR) is 157 cm³/mol. The van der Waals surface area contributed by atoms with Crippen LogP contribution in [0.2, 0.25) is 0 Å². The zero-order valence-electron chi connectivity index (χ0n) is 23.5. The lowest BCUT2D eigenvalue weighted by Gasteiger charge is -2.35. The van der Waals surface area contributed by atoms with Crippen LogP contribution in [-0.2, 0) is 14.4 Å². The second-order valence-electron chi connectivity index (χ2n) is 11.0. The number of thioether (sulfide) groups is 1. The fourth-order valence-corrected chi connectivity index (χ4v) is 8.67. The Balaban J connectivity index is 1.50. The van der Waals surface area contributed by atoms with Gasteiger partial charge in [0.15, 0.2) is 0 Å². The number of likely N-dealkylation sites (tertiary alicyclic amines) is 1. The number of benzene rings is 1. The van der Waals surface area contributed by atoms with Gasteiger partial charge in [0.2, 0.25) is 17.7 Å². The Bertz CT molecular complexity index is 1150. The van der Waals surface area contributed by atoms with E-state index in [1.807, 2.05) is 48.2 Å². The van der Waals surface area contributed by atoms with Gasteiger partial charge >= 0.3 is 0 Å². The highest BCUT2D eigenvalue weighted by Gasteiger charge is 2.70. The Labute approximate surface area is 241 Å². The summed E-state index contributed by atoms with van der Waals surface area (Å²) in [6.45, 7) is 6.78. The number of anilines is 1. The lowest BCUT2D eigenvalue weighted by atomic mass is 9.78. The van der Waals surface area contributed by atoms with Gasteiger partial charge in [-0.25, -0.2) is 0 Å². The van der Waals surface area contributed by atoms with Crippen molar-refractivity contribution in [3.63, 3.8) is 0 Å². The number of carbonyl (C=O) groups excluding carboxylic acids is 3. The molecule has 4 aliphatic rings. The van der Waals surface area contributed by atoms with E-state index in [0.29, 0.717) is 45.6 Å². The summed E-state index contributed by atoms with van der Waals surface area (Å²) in [5.74, 6) is -0.613. The minimum absolute atomic E-state index is 0.0137. The maximum absolute atomic E-state index is 14.3. The molecule has 4 heterocycles. The SMILES string of the molecule is CCCCN1CC=C[C@]23S[C@@H]4C=CCN(c5ccc(OCC)cc5)C(=O)[C@@H]4[C@H]2C(=O)N(CCCCCO)C3C1=O. The van der Waals surface area contributed by atoms with Crippen molar-refractivity contribution in [2.75, 3.05) is 44.3 Å². The van der Waals surface area contributed by atoms with E-state index in [0.717, 1.165) is 30.7 Å². The van der Waals surface area contributed by atoms with Crippen molar-refractivity contribution in [3.05, 3.63) is 48.6 Å². The van der Waals surface area contributed by atoms with Crippen LogP contribution in [0.25, 0.3) is 0 Å². The van der Waals surface area contributed by atoms with Gasteiger partial charge in [-0.15, -0.1) is 11.8 Å². The Hall–Kier alpha value is -2.78. The van der Waals surface area contributed by atoms with Gasteiger partial charge in [-0.2, -0.15) is 0 Å². The average Bonchev–Trinajstić information content (AvgIpc) is 3.26. The molecule has 5 atom stereocenters. The third kappa shape index (κ3) is 5.07. The Morgan fingerprint density at radius 1 is 0.950 bits per heavy atom. The standard InChI is InChI=1S/C31H41N3O5S/c1-3-5-17-32-18-10-16-31-26(29(37)34(27(31)30(32)38)19-7-6-8-21-35)25-24(40-31)11-9-20-33(28(25)36)22-12-14-23(15-13-22)39-4-2/h9-16,24-27,35H,3-8,17-21H2,1-2H3/t24-,25+,26+,27?,31+/m1/s1. The number of aliphatic hydroxyl groups excluding tert-OH is 1. The van der Waals surface area contributed by atoms with Gasteiger partial charge in [-0.1, -0.05) is 37.6 Å². The molecule has 0 saturated carbocycles. The molecule has 0 bridgehead atoms. The van der Waals surface area contributed by atoms with Crippen molar-refractivity contribution in [2.45, 2.75) is 62.0 Å². The summed E-state index contributed by atoms with van der Waals surface area (Å²) in [7, 11) is 0. The molecule has 8 nitrogen and oxygen atoms in total. The largest absolute Gasteiger partial charge is 0.494 e. The maximum Gasteiger partial charge on any atom is 0.247 e. The first-order valence-corrected chi connectivity index (χ1v) is 15.6. The van der Waals surface area contributed by atoms with Crippen molar-refractivity contribution < 1.29 is 24.2 Å². The van der Waals surface area contributed by atoms with Crippen LogP contribution in [0.15, 0.2) is 48.6 Å². The summed E-state index contributed by atoms with van der Waals surface area (Å²) in [5, 5.41) is 9.07. The van der Waals surface area contributed by atoms with E-state index < -0.39 is 22.6 Å². The van der Waals surface area contributed by atoms with Gasteiger partial charge in [-0.05, 0) is 56.9 Å². The molecule has 0 radical (unpaired) electrons. The monoisotopic (exact) mass is 567 g/mol. The summed E-state index contributed by atoms with van der Waals surface area (Å²) in [6.07, 6.45) is 12.3. The number of amides is 3. The van der Waals surface area contributed by atoms with Crippen LogP contribution in [0, 0.1) is 11.8 Å². The van der Waals surface area contributed by atoms with Crippen LogP contribution >= 0.6 is 11.8 Å². The zero-order valence-corrected chi connectivity index (χ0v) is 24.4. The normalized spacial score (nSPS) is 29.4. The Kier molecular flexibility index (Phi) is 8.90. The van der Waals surface area contributed by atoms with Gasteiger partial charge in [0.05, 0.1) is 23.2 Å². The van der Waals surface area contributed by atoms with E-state index >= 15 is 0 Å². The fraction of sp³-hybridized carbons (Fsp3) is 0.581. The van der Waals surface area contributed by atoms with Gasteiger partial charge in [0, 0.05) is 43.7 Å². The molecule has 1 N–H and O–H groups in total. The number of hydrogen-bond donors (Lipinski definition) is 1. The van der Waals surface area contributed by atoms with Gasteiger partial charge in [0.1, 0.15) is 11.8 Å². The first-order valence-electron chi connectivity index (χ1n) is 14.7. The number of hydrogen-bond acceptors (Lipinski definition) is 6. The first kappa shape index (κ1) is 28.7. The van der Waals surface area contributed by atoms with Crippen molar-refractivity contribution in [3.8, 4) is 5.75 Å². The molecular weight excluding hydrogens is 526 g/mol. The van der Waals surface area contributed by atoms with Gasteiger partial charge in [-0.3, -0.25) is 14.4 Å². The summed E-state index contributed by atoms with van der Waals surface area (Å²) in [5.41, 5.74) is 0.769. The van der Waals surface area contributed by atoms with E-state index in [1.165, 1.54) is 0 Å². The highest BCUT2D eigenvalue weighted by molar-refractivity contribution is 8.02. The Morgan fingerprint density at radius 2 is 1.75 bits per heavy atom. The molecule has 1 unspecified atom stereocenters. The molecule has 1 spiro atoms. The lowest BCUT2D eigenvalue weighted by Crippen LogP contribution is -2.53. The average molecular weight is 568 g/mol. The molecule has 2 fully saturated rings.